The lowest BCUT2D eigenvalue weighted by molar-refractivity contribution is 0.325. The lowest BCUT2D eigenvalue weighted by Crippen LogP contribution is -2.05. The van der Waals surface area contributed by atoms with E-state index in [9.17, 15) is 5.11 Å². The molecular weight excluding hydrogens is 178 g/mol. The number of aromatic hydroxyl groups is 1. The zero-order valence-electron chi connectivity index (χ0n) is 8.72. The number of phenolic OH excluding ortho intramolecular Hbond substituents is 1. The highest BCUT2D eigenvalue weighted by Gasteiger charge is 2.07. The van der Waals surface area contributed by atoms with Gasteiger partial charge in [-0.15, -0.1) is 0 Å². The van der Waals surface area contributed by atoms with Crippen LogP contribution in [0.15, 0.2) is 12.1 Å². The molecule has 1 rings (SSSR count). The predicted octanol–water partition coefficient (Wildman–Crippen LogP) is 2.37. The van der Waals surface area contributed by atoms with E-state index < -0.39 is 0 Å². The molecule has 2 N–H and O–H groups in total. The summed E-state index contributed by atoms with van der Waals surface area (Å²) in [5.74, 6) is 0.441. The van der Waals surface area contributed by atoms with Gasteiger partial charge in [0.05, 0.1) is 6.61 Å². The zero-order valence-corrected chi connectivity index (χ0v) is 8.72. The average Bonchev–Trinajstić information content (AvgIpc) is 2.13. The molecule has 0 radical (unpaired) electrons. The topological polar surface area (TPSA) is 53.3 Å². The van der Waals surface area contributed by atoms with Crippen LogP contribution in [0.2, 0.25) is 0 Å². The summed E-state index contributed by atoms with van der Waals surface area (Å²) in [7, 11) is 0. The number of phenols is 1. The Hall–Kier alpha value is -1.51. The van der Waals surface area contributed by atoms with Crippen molar-refractivity contribution >= 4 is 5.90 Å². The second-order valence-corrected chi connectivity index (χ2v) is 3.22. The van der Waals surface area contributed by atoms with Crippen molar-refractivity contribution in [2.75, 3.05) is 6.61 Å². The summed E-state index contributed by atoms with van der Waals surface area (Å²) in [5.41, 5.74) is 2.24. The SMILES string of the molecule is CCOC(=N)c1cc(C)c(O)c(C)c1. The maximum absolute atomic E-state index is 9.53. The van der Waals surface area contributed by atoms with Crippen LogP contribution in [0.3, 0.4) is 0 Å². The molecule has 0 saturated carbocycles. The average molecular weight is 193 g/mol. The Balaban J connectivity index is 3.06. The second kappa shape index (κ2) is 4.13. The van der Waals surface area contributed by atoms with Gasteiger partial charge in [-0.3, -0.25) is 5.41 Å². The lowest BCUT2D eigenvalue weighted by atomic mass is 10.1. The Kier molecular flexibility index (Phi) is 3.12. The van der Waals surface area contributed by atoms with E-state index in [1.54, 1.807) is 12.1 Å². The van der Waals surface area contributed by atoms with Crippen molar-refractivity contribution in [1.29, 1.82) is 5.41 Å². The Labute approximate surface area is 83.8 Å². The lowest BCUT2D eigenvalue weighted by Gasteiger charge is -2.09. The van der Waals surface area contributed by atoms with Crippen LogP contribution < -0.4 is 0 Å². The first-order valence-electron chi connectivity index (χ1n) is 4.58. The van der Waals surface area contributed by atoms with Crippen LogP contribution in [0.4, 0.5) is 0 Å². The molecule has 76 valence electrons. The summed E-state index contributed by atoms with van der Waals surface area (Å²) in [4.78, 5) is 0. The van der Waals surface area contributed by atoms with E-state index in [1.807, 2.05) is 20.8 Å². The highest BCUT2D eigenvalue weighted by molar-refractivity contribution is 5.92. The van der Waals surface area contributed by atoms with Crippen LogP contribution >= 0.6 is 0 Å². The quantitative estimate of drug-likeness (QED) is 0.559. The van der Waals surface area contributed by atoms with Crippen LogP contribution in [0.1, 0.15) is 23.6 Å². The summed E-state index contributed by atoms with van der Waals surface area (Å²) >= 11 is 0. The third-order valence-corrected chi connectivity index (χ3v) is 2.04. The van der Waals surface area contributed by atoms with Crippen LogP contribution in [-0.4, -0.2) is 17.6 Å². The van der Waals surface area contributed by atoms with Gasteiger partial charge in [-0.25, -0.2) is 0 Å². The molecule has 0 amide bonds. The van der Waals surface area contributed by atoms with Gasteiger partial charge in [-0.05, 0) is 44.0 Å². The van der Waals surface area contributed by atoms with Gasteiger partial charge in [0.25, 0.3) is 0 Å². The summed E-state index contributed by atoms with van der Waals surface area (Å²) in [6.07, 6.45) is 0. The summed E-state index contributed by atoms with van der Waals surface area (Å²) in [6, 6.07) is 3.50. The van der Waals surface area contributed by atoms with Crippen molar-refractivity contribution in [2.24, 2.45) is 0 Å². The highest BCUT2D eigenvalue weighted by Crippen LogP contribution is 2.23. The second-order valence-electron chi connectivity index (χ2n) is 3.22. The molecule has 3 nitrogen and oxygen atoms in total. The minimum Gasteiger partial charge on any atom is -0.507 e. The van der Waals surface area contributed by atoms with Gasteiger partial charge in [0.1, 0.15) is 5.75 Å². The number of hydrogen-bond donors (Lipinski definition) is 2. The van der Waals surface area contributed by atoms with E-state index >= 15 is 0 Å². The molecule has 0 heterocycles. The van der Waals surface area contributed by atoms with Crippen molar-refractivity contribution in [3.05, 3.63) is 28.8 Å². The van der Waals surface area contributed by atoms with Gasteiger partial charge in [-0.2, -0.15) is 0 Å². The smallest absolute Gasteiger partial charge is 0.213 e. The van der Waals surface area contributed by atoms with Crippen LogP contribution in [0.25, 0.3) is 0 Å². The van der Waals surface area contributed by atoms with E-state index in [-0.39, 0.29) is 11.6 Å². The first-order chi connectivity index (χ1) is 6.56. The third kappa shape index (κ3) is 2.05. The molecule has 0 aliphatic rings. The van der Waals surface area contributed by atoms with Crippen molar-refractivity contribution in [2.45, 2.75) is 20.8 Å². The van der Waals surface area contributed by atoms with Gasteiger partial charge in [0, 0.05) is 5.56 Å². The highest BCUT2D eigenvalue weighted by atomic mass is 16.5. The minimum atomic E-state index is 0.152. The van der Waals surface area contributed by atoms with Crippen molar-refractivity contribution in [3.8, 4) is 5.75 Å². The van der Waals surface area contributed by atoms with Gasteiger partial charge in [0.2, 0.25) is 5.90 Å². The van der Waals surface area contributed by atoms with Gasteiger partial charge in [0.15, 0.2) is 0 Å². The van der Waals surface area contributed by atoms with Crippen LogP contribution in [0.5, 0.6) is 5.75 Å². The van der Waals surface area contributed by atoms with Crippen molar-refractivity contribution in [1.82, 2.24) is 0 Å². The number of aryl methyl sites for hydroxylation is 2. The fourth-order valence-electron chi connectivity index (χ4n) is 1.31. The van der Waals surface area contributed by atoms with Crippen molar-refractivity contribution < 1.29 is 9.84 Å². The van der Waals surface area contributed by atoms with Gasteiger partial charge >= 0.3 is 0 Å². The first kappa shape index (κ1) is 10.6. The molecule has 0 spiro atoms. The third-order valence-electron chi connectivity index (χ3n) is 2.04. The van der Waals surface area contributed by atoms with Crippen LogP contribution in [-0.2, 0) is 4.74 Å². The Bertz CT molecular complexity index is 335. The molecule has 1 aromatic carbocycles. The molecule has 0 saturated heterocycles. The molecule has 0 bridgehead atoms. The fraction of sp³-hybridized carbons (Fsp3) is 0.364. The van der Waals surface area contributed by atoms with E-state index in [0.717, 1.165) is 11.1 Å². The van der Waals surface area contributed by atoms with E-state index in [0.29, 0.717) is 12.2 Å². The first-order valence-corrected chi connectivity index (χ1v) is 4.58. The molecule has 0 aliphatic heterocycles. The summed E-state index contributed by atoms with van der Waals surface area (Å²) < 4.78 is 5.08. The van der Waals surface area contributed by atoms with E-state index in [2.05, 4.69) is 0 Å². The molecule has 0 atom stereocenters. The predicted molar refractivity (Wildman–Crippen MR) is 56.0 cm³/mol. The molecule has 0 aliphatic carbocycles. The molecule has 0 unspecified atom stereocenters. The fourth-order valence-corrected chi connectivity index (χ4v) is 1.31. The molecule has 14 heavy (non-hydrogen) atoms. The Morgan fingerprint density at radius 3 is 2.29 bits per heavy atom. The van der Waals surface area contributed by atoms with E-state index in [1.165, 1.54) is 0 Å². The van der Waals surface area contributed by atoms with E-state index in [4.69, 9.17) is 10.1 Å². The van der Waals surface area contributed by atoms with Gasteiger partial charge in [-0.1, -0.05) is 0 Å². The molecule has 0 aromatic heterocycles. The summed E-state index contributed by atoms with van der Waals surface area (Å²) in [6.45, 7) is 5.95. The maximum atomic E-state index is 9.53. The Morgan fingerprint density at radius 2 is 1.86 bits per heavy atom. The number of nitrogens with one attached hydrogen (secondary N) is 1. The van der Waals surface area contributed by atoms with Gasteiger partial charge < -0.3 is 9.84 Å². The number of ether oxygens (including phenoxy) is 1. The number of hydrogen-bond acceptors (Lipinski definition) is 3. The maximum Gasteiger partial charge on any atom is 0.213 e. The minimum absolute atomic E-state index is 0.152. The molecule has 1 aromatic rings. The number of benzene rings is 1. The largest absolute Gasteiger partial charge is 0.507 e. The monoisotopic (exact) mass is 193 g/mol. The van der Waals surface area contributed by atoms with Crippen LogP contribution in [0, 0.1) is 19.3 Å². The Morgan fingerprint density at radius 1 is 1.36 bits per heavy atom. The number of rotatable bonds is 2. The zero-order chi connectivity index (χ0) is 10.7. The molecular formula is C11H15NO2. The normalized spacial score (nSPS) is 9.93. The molecule has 0 fully saturated rings. The van der Waals surface area contributed by atoms with Crippen molar-refractivity contribution in [3.63, 3.8) is 0 Å². The standard InChI is InChI=1S/C11H15NO2/c1-4-14-11(12)9-5-7(2)10(13)8(3)6-9/h5-6,12-13H,4H2,1-3H3. The summed E-state index contributed by atoms with van der Waals surface area (Å²) in [5, 5.41) is 17.1. The molecule has 3 heteroatoms.